The summed E-state index contributed by atoms with van der Waals surface area (Å²) >= 11 is 0. The number of benzene rings is 2. The average molecular weight is 577 g/mol. The lowest BCUT2D eigenvalue weighted by Gasteiger charge is -2.12. The molecule has 0 saturated carbocycles. The molecule has 0 saturated heterocycles. The topological polar surface area (TPSA) is 168 Å². The monoisotopic (exact) mass is 576 g/mol. The third-order valence-electron chi connectivity index (χ3n) is 7.15. The molecule has 11 nitrogen and oxygen atoms in total. The number of pyridine rings is 2. The van der Waals surface area contributed by atoms with E-state index in [1.807, 2.05) is 36.5 Å². The predicted molar refractivity (Wildman–Crippen MR) is 158 cm³/mol. The first-order chi connectivity index (χ1) is 20.8. The first-order valence-electron chi connectivity index (χ1n) is 13.3. The zero-order valence-corrected chi connectivity index (χ0v) is 22.7. The highest BCUT2D eigenvalue weighted by atomic mass is 19.1. The molecule has 12 heteroatoms. The van der Waals surface area contributed by atoms with E-state index in [0.717, 1.165) is 59.0 Å². The minimum Gasteiger partial charge on any atom is -0.504 e. The van der Waals surface area contributed by atoms with E-state index in [1.54, 1.807) is 17.1 Å². The molecule has 0 spiro atoms. The number of halogens is 1. The Morgan fingerprint density at radius 2 is 1.84 bits per heavy atom. The van der Waals surface area contributed by atoms with Crippen molar-refractivity contribution in [1.29, 1.82) is 0 Å². The fourth-order valence-corrected chi connectivity index (χ4v) is 5.06. The number of nitrogens with zero attached hydrogens (tertiary/aromatic N) is 6. The molecule has 2 aromatic carbocycles. The molecule has 4 heterocycles. The molecule has 0 fully saturated rings. The van der Waals surface area contributed by atoms with Crippen LogP contribution in [0.15, 0.2) is 79.3 Å². The number of hydrogen-bond donors (Lipinski definition) is 3. The number of anilines is 1. The number of nitrogen functional groups attached to an aromatic ring is 1. The Hall–Kier alpha value is -5.91. The summed E-state index contributed by atoms with van der Waals surface area (Å²) in [6.45, 7) is 0. The van der Waals surface area contributed by atoms with Gasteiger partial charge in [0.05, 0.1) is 11.1 Å². The molecule has 1 aliphatic carbocycles. The number of aromatic hydroxyl groups is 1. The maximum absolute atomic E-state index is 12.8. The SMILES string of the molecule is NC(=O)c1cc(F)c(O)c(C=O)c1.Nc1ncccc1-c1nc2ccc(-n3cccn3)nc2n1-c1ccc2c(c1)CCC2. The van der Waals surface area contributed by atoms with E-state index < -0.39 is 17.5 Å². The van der Waals surface area contributed by atoms with Crippen LogP contribution in [0.25, 0.3) is 34.1 Å². The van der Waals surface area contributed by atoms with Gasteiger partial charge in [-0.25, -0.2) is 24.0 Å². The number of primary amides is 1. The zero-order valence-electron chi connectivity index (χ0n) is 22.7. The number of aldehydes is 1. The molecule has 6 aromatic rings. The number of phenols is 1. The lowest BCUT2D eigenvalue weighted by molar-refractivity contribution is 0.0999. The van der Waals surface area contributed by atoms with E-state index in [0.29, 0.717) is 5.82 Å². The molecule has 1 amide bonds. The first-order valence-corrected chi connectivity index (χ1v) is 13.3. The summed E-state index contributed by atoms with van der Waals surface area (Å²) in [5, 5.41) is 13.3. The van der Waals surface area contributed by atoms with Crippen molar-refractivity contribution < 1.29 is 19.1 Å². The van der Waals surface area contributed by atoms with Crippen molar-refractivity contribution in [3.05, 3.63) is 107 Å². The minimum absolute atomic E-state index is 0.155. The first kappa shape index (κ1) is 27.3. The number of imidazole rings is 1. The maximum Gasteiger partial charge on any atom is 0.248 e. The lowest BCUT2D eigenvalue weighted by Crippen LogP contribution is -2.11. The summed E-state index contributed by atoms with van der Waals surface area (Å²) in [6, 6.07) is 18.0. The summed E-state index contributed by atoms with van der Waals surface area (Å²) in [5.74, 6) is -0.762. The van der Waals surface area contributed by atoms with Gasteiger partial charge in [0.15, 0.2) is 35.1 Å². The Bertz CT molecular complexity index is 2000. The van der Waals surface area contributed by atoms with E-state index in [-0.39, 0.29) is 17.4 Å². The molecule has 5 N–H and O–H groups in total. The molecule has 7 rings (SSSR count). The van der Waals surface area contributed by atoms with Crippen molar-refractivity contribution >= 4 is 29.2 Å². The van der Waals surface area contributed by atoms with E-state index in [9.17, 15) is 14.0 Å². The molecule has 4 aromatic heterocycles. The van der Waals surface area contributed by atoms with Crippen LogP contribution in [0.4, 0.5) is 10.2 Å². The highest BCUT2D eigenvalue weighted by Gasteiger charge is 2.20. The van der Waals surface area contributed by atoms with E-state index in [1.165, 1.54) is 17.5 Å². The molecule has 0 aliphatic heterocycles. The zero-order chi connectivity index (χ0) is 30.1. The third-order valence-corrected chi connectivity index (χ3v) is 7.15. The highest BCUT2D eigenvalue weighted by Crippen LogP contribution is 2.33. The van der Waals surface area contributed by atoms with Crippen LogP contribution in [-0.2, 0) is 12.8 Å². The van der Waals surface area contributed by atoms with Crippen LogP contribution in [0.2, 0.25) is 0 Å². The van der Waals surface area contributed by atoms with Gasteiger partial charge in [0.2, 0.25) is 5.91 Å². The predicted octanol–water partition coefficient (Wildman–Crippen LogP) is 4.18. The van der Waals surface area contributed by atoms with Gasteiger partial charge in [-0.2, -0.15) is 5.10 Å². The highest BCUT2D eigenvalue weighted by molar-refractivity contribution is 5.95. The van der Waals surface area contributed by atoms with Crippen molar-refractivity contribution in [2.24, 2.45) is 5.73 Å². The second-order valence-corrected chi connectivity index (χ2v) is 9.85. The summed E-state index contributed by atoms with van der Waals surface area (Å²) in [6.07, 6.45) is 9.00. The number of aryl methyl sites for hydroxylation is 2. The summed E-state index contributed by atoms with van der Waals surface area (Å²) in [5.41, 5.74) is 16.8. The standard InChI is InChI=1S/C23H19N7.C8H6FNO3/c24-21-18(6-2-11-25-21)22-27-19-9-10-20(29-13-3-12-26-29)28-23(19)30(22)17-8-7-15-4-1-5-16(15)14-17;9-6-2-4(8(10)13)1-5(3-11)7(6)12/h2-3,6-14H,1,4-5H2,(H2,24,25);1-3,12H,(H2,10,13). The normalized spacial score (nSPS) is 12.0. The van der Waals surface area contributed by atoms with Gasteiger partial charge in [-0.05, 0) is 85.0 Å². The molecule has 1 aliphatic rings. The molecule has 0 radical (unpaired) electrons. The molecule has 0 unspecified atom stereocenters. The second kappa shape index (κ2) is 11.2. The van der Waals surface area contributed by atoms with Gasteiger partial charge in [-0.1, -0.05) is 6.07 Å². The van der Waals surface area contributed by atoms with Crippen LogP contribution in [0, 0.1) is 5.82 Å². The van der Waals surface area contributed by atoms with Crippen LogP contribution in [0.1, 0.15) is 38.3 Å². The number of hydrogen-bond acceptors (Lipinski definition) is 8. The van der Waals surface area contributed by atoms with Gasteiger partial charge in [-0.15, -0.1) is 0 Å². The molecule has 214 valence electrons. The van der Waals surface area contributed by atoms with E-state index in [2.05, 4.69) is 32.8 Å². The van der Waals surface area contributed by atoms with Crippen molar-refractivity contribution in [3.63, 3.8) is 0 Å². The van der Waals surface area contributed by atoms with E-state index >= 15 is 0 Å². The van der Waals surface area contributed by atoms with E-state index in [4.69, 9.17) is 26.5 Å². The maximum atomic E-state index is 12.8. The molecular formula is C31H25FN8O3. The van der Waals surface area contributed by atoms with Gasteiger partial charge in [0.1, 0.15) is 11.3 Å². The van der Waals surface area contributed by atoms with Crippen LogP contribution in [0.3, 0.4) is 0 Å². The van der Waals surface area contributed by atoms with Crippen LogP contribution in [-0.4, -0.2) is 46.6 Å². The fourth-order valence-electron chi connectivity index (χ4n) is 5.06. The van der Waals surface area contributed by atoms with Crippen LogP contribution < -0.4 is 11.5 Å². The quantitative estimate of drug-likeness (QED) is 0.257. The fraction of sp³-hybridized carbons (Fsp3) is 0.0968. The summed E-state index contributed by atoms with van der Waals surface area (Å²) < 4.78 is 16.6. The average Bonchev–Trinajstić information content (AvgIpc) is 3.78. The van der Waals surface area contributed by atoms with Gasteiger partial charge >= 0.3 is 0 Å². The lowest BCUT2D eigenvalue weighted by atomic mass is 10.1. The summed E-state index contributed by atoms with van der Waals surface area (Å²) in [4.78, 5) is 34.9. The van der Waals surface area contributed by atoms with Crippen LogP contribution >= 0.6 is 0 Å². The van der Waals surface area contributed by atoms with Gasteiger partial charge in [-0.3, -0.25) is 14.2 Å². The van der Waals surface area contributed by atoms with Gasteiger partial charge in [0, 0.05) is 29.8 Å². The van der Waals surface area contributed by atoms with Crippen molar-refractivity contribution in [2.45, 2.75) is 19.3 Å². The Morgan fingerprint density at radius 1 is 1.00 bits per heavy atom. The Morgan fingerprint density at radius 3 is 2.58 bits per heavy atom. The number of amides is 1. The molecular weight excluding hydrogens is 551 g/mol. The third kappa shape index (κ3) is 5.17. The van der Waals surface area contributed by atoms with Crippen LogP contribution in [0.5, 0.6) is 5.75 Å². The number of phenolic OH excluding ortho intramolecular Hbond substituents is 1. The Kier molecular flexibility index (Phi) is 7.08. The smallest absolute Gasteiger partial charge is 0.248 e. The Balaban J connectivity index is 0.000000214. The minimum atomic E-state index is -1.04. The Labute approximate surface area is 244 Å². The van der Waals surface area contributed by atoms with Gasteiger partial charge in [0.25, 0.3) is 0 Å². The molecule has 43 heavy (non-hydrogen) atoms. The number of rotatable bonds is 5. The second-order valence-electron chi connectivity index (χ2n) is 9.85. The largest absolute Gasteiger partial charge is 0.504 e. The number of fused-ring (bicyclic) bond motifs is 2. The van der Waals surface area contributed by atoms with Crippen molar-refractivity contribution in [1.82, 2.24) is 29.3 Å². The summed E-state index contributed by atoms with van der Waals surface area (Å²) in [7, 11) is 0. The number of aromatic nitrogens is 6. The van der Waals surface area contributed by atoms with Gasteiger partial charge < -0.3 is 16.6 Å². The van der Waals surface area contributed by atoms with Crippen molar-refractivity contribution in [2.75, 3.05) is 5.73 Å². The number of carbonyl (C=O) groups is 2. The molecule has 0 bridgehead atoms. The number of nitrogens with two attached hydrogens (primary N) is 2. The number of carbonyl (C=O) groups excluding carboxylic acids is 2. The molecule has 0 atom stereocenters. The van der Waals surface area contributed by atoms with Crippen molar-refractivity contribution in [3.8, 4) is 28.6 Å².